The second-order valence-electron chi connectivity index (χ2n) is 7.28. The summed E-state index contributed by atoms with van der Waals surface area (Å²) in [6.07, 6.45) is 5.70. The second kappa shape index (κ2) is 16.9. The predicted octanol–water partition coefficient (Wildman–Crippen LogP) is 5.72. The van der Waals surface area contributed by atoms with Gasteiger partial charge in [-0.3, -0.25) is 30.2 Å². The van der Waals surface area contributed by atoms with Crippen LogP contribution in [-0.4, -0.2) is 42.2 Å². The van der Waals surface area contributed by atoms with Gasteiger partial charge in [0.25, 0.3) is 11.4 Å². The lowest BCUT2D eigenvalue weighted by Crippen LogP contribution is -2.02. The van der Waals surface area contributed by atoms with Crippen molar-refractivity contribution in [1.82, 2.24) is 9.97 Å². The van der Waals surface area contributed by atoms with Gasteiger partial charge in [0, 0.05) is 49.1 Å². The van der Waals surface area contributed by atoms with Crippen molar-refractivity contribution < 1.29 is 34.4 Å². The molecule has 0 bridgehead atoms. The standard InChI is InChI=1S/C7H5NO5.C7H5NO4.2C6H7N/c9-7(10)13-6-3-1-5(2-4-6)8(11)12;9-7(10)5-1-3-6(4-2-5)8(11)12;2*1-6-2-4-7-5-3-6/h1-4H,(H,9,10);1-4H,(H,9,10);2*2-5H,1H3. The van der Waals surface area contributed by atoms with Crippen molar-refractivity contribution >= 4 is 23.5 Å². The van der Waals surface area contributed by atoms with E-state index >= 15 is 0 Å². The van der Waals surface area contributed by atoms with Crippen LogP contribution in [-0.2, 0) is 0 Å². The Morgan fingerprint density at radius 3 is 1.28 bits per heavy atom. The van der Waals surface area contributed by atoms with Gasteiger partial charge in [0.1, 0.15) is 5.75 Å². The summed E-state index contributed by atoms with van der Waals surface area (Å²) in [7, 11) is 0. The first kappa shape index (κ1) is 31.3. The van der Waals surface area contributed by atoms with E-state index in [-0.39, 0.29) is 22.7 Å². The van der Waals surface area contributed by atoms with Crippen molar-refractivity contribution in [2.75, 3.05) is 0 Å². The highest BCUT2D eigenvalue weighted by Gasteiger charge is 2.07. The number of ether oxygens (including phenoxy) is 1. The molecule has 0 aliphatic carbocycles. The van der Waals surface area contributed by atoms with Crippen LogP contribution in [0, 0.1) is 34.1 Å². The van der Waals surface area contributed by atoms with E-state index in [1.165, 1.54) is 35.4 Å². The van der Waals surface area contributed by atoms with Crippen molar-refractivity contribution in [2.45, 2.75) is 13.8 Å². The summed E-state index contributed by atoms with van der Waals surface area (Å²) in [5, 5.41) is 37.0. The summed E-state index contributed by atoms with van der Waals surface area (Å²) < 4.78 is 4.24. The number of hydrogen-bond donors (Lipinski definition) is 2. The number of rotatable bonds is 4. The number of aryl methyl sites for hydroxylation is 2. The van der Waals surface area contributed by atoms with Gasteiger partial charge in [0.15, 0.2) is 0 Å². The summed E-state index contributed by atoms with van der Waals surface area (Å²) in [5.74, 6) is -1.04. The molecule has 4 aromatic rings. The number of benzene rings is 2. The van der Waals surface area contributed by atoms with Gasteiger partial charge in [0.05, 0.1) is 15.4 Å². The largest absolute Gasteiger partial charge is 0.511 e. The number of nitro benzene ring substituents is 2. The highest BCUT2D eigenvalue weighted by atomic mass is 16.7. The molecule has 0 aliphatic rings. The number of pyridine rings is 2. The van der Waals surface area contributed by atoms with Crippen LogP contribution in [0.5, 0.6) is 5.75 Å². The van der Waals surface area contributed by atoms with Crippen molar-refractivity contribution in [2.24, 2.45) is 0 Å². The van der Waals surface area contributed by atoms with Crippen LogP contribution in [0.25, 0.3) is 0 Å². The van der Waals surface area contributed by atoms with Crippen molar-refractivity contribution in [3.05, 3.63) is 135 Å². The van der Waals surface area contributed by atoms with Gasteiger partial charge >= 0.3 is 12.1 Å². The number of aromatic nitrogens is 2. The molecule has 0 saturated heterocycles. The first-order chi connectivity index (χ1) is 18.5. The highest BCUT2D eigenvalue weighted by molar-refractivity contribution is 5.87. The molecule has 2 aromatic heterocycles. The van der Waals surface area contributed by atoms with Gasteiger partial charge in [-0.25, -0.2) is 9.59 Å². The van der Waals surface area contributed by atoms with Gasteiger partial charge in [-0.1, -0.05) is 0 Å². The molecule has 2 N–H and O–H groups in total. The topological polar surface area (TPSA) is 196 Å². The van der Waals surface area contributed by atoms with E-state index in [0.717, 1.165) is 24.3 Å². The Balaban J connectivity index is 0.000000269. The molecule has 39 heavy (non-hydrogen) atoms. The molecule has 0 fully saturated rings. The number of aromatic carboxylic acids is 1. The van der Waals surface area contributed by atoms with Crippen molar-refractivity contribution in [3.8, 4) is 5.75 Å². The molecule has 0 spiro atoms. The molecule has 0 radical (unpaired) electrons. The SMILES string of the molecule is Cc1ccncc1.Cc1ccncc1.O=C(O)Oc1ccc([N+](=O)[O-])cc1.O=C(O)c1ccc([N+](=O)[O-])cc1. The average molecular weight is 536 g/mol. The van der Waals surface area contributed by atoms with Crippen LogP contribution in [0.2, 0.25) is 0 Å². The number of carbonyl (C=O) groups is 2. The maximum Gasteiger partial charge on any atom is 0.511 e. The fraction of sp³-hybridized carbons (Fsp3) is 0.0769. The molecule has 0 unspecified atom stereocenters. The Kier molecular flexibility index (Phi) is 13.5. The summed E-state index contributed by atoms with van der Waals surface area (Å²) in [6, 6.07) is 17.4. The average Bonchev–Trinajstić information content (AvgIpc) is 2.91. The molecule has 0 aliphatic heterocycles. The lowest BCUT2D eigenvalue weighted by atomic mass is 10.2. The number of carboxylic acids is 1. The Labute approximate surface area is 222 Å². The molecule has 2 heterocycles. The summed E-state index contributed by atoms with van der Waals surface area (Å²) in [4.78, 5) is 47.2. The van der Waals surface area contributed by atoms with E-state index in [1.54, 1.807) is 24.8 Å². The van der Waals surface area contributed by atoms with Gasteiger partial charge in [-0.2, -0.15) is 0 Å². The second-order valence-corrected chi connectivity index (χ2v) is 7.28. The highest BCUT2D eigenvalue weighted by Crippen LogP contribution is 2.17. The normalized spacial score (nSPS) is 9.08. The minimum atomic E-state index is -1.45. The molecule has 0 saturated carbocycles. The first-order valence-electron chi connectivity index (χ1n) is 10.9. The van der Waals surface area contributed by atoms with E-state index in [4.69, 9.17) is 10.2 Å². The van der Waals surface area contributed by atoms with Gasteiger partial charge < -0.3 is 14.9 Å². The summed E-state index contributed by atoms with van der Waals surface area (Å²) >= 11 is 0. The fourth-order valence-corrected chi connectivity index (χ4v) is 2.32. The van der Waals surface area contributed by atoms with E-state index in [1.807, 2.05) is 38.1 Å². The molecule has 4 rings (SSSR count). The lowest BCUT2D eigenvalue weighted by Gasteiger charge is -1.97. The Bertz CT molecular complexity index is 1260. The lowest BCUT2D eigenvalue weighted by molar-refractivity contribution is -0.385. The maximum atomic E-state index is 10.3. The zero-order valence-electron chi connectivity index (χ0n) is 20.8. The minimum Gasteiger partial charge on any atom is -0.478 e. The number of carboxylic acid groups (broad SMARTS) is 2. The molecule has 13 nitrogen and oxygen atoms in total. The molecule has 13 heteroatoms. The number of nitrogens with zero attached hydrogens (tertiary/aromatic N) is 4. The van der Waals surface area contributed by atoms with Crippen molar-refractivity contribution in [1.29, 1.82) is 0 Å². The van der Waals surface area contributed by atoms with E-state index < -0.39 is 22.0 Å². The Morgan fingerprint density at radius 2 is 1.03 bits per heavy atom. The third-order valence-corrected chi connectivity index (χ3v) is 4.27. The first-order valence-corrected chi connectivity index (χ1v) is 10.9. The summed E-state index contributed by atoms with van der Waals surface area (Å²) in [5.41, 5.74) is 2.34. The number of hydrogen-bond acceptors (Lipinski definition) is 9. The number of non-ortho nitro benzene ring substituents is 2. The monoisotopic (exact) mass is 536 g/mol. The third kappa shape index (κ3) is 13.8. The molecular weight excluding hydrogens is 512 g/mol. The van der Waals surface area contributed by atoms with E-state index in [2.05, 4.69) is 14.7 Å². The van der Waals surface area contributed by atoms with Gasteiger partial charge in [-0.15, -0.1) is 0 Å². The summed E-state index contributed by atoms with van der Waals surface area (Å²) in [6.45, 7) is 4.09. The minimum absolute atomic E-state index is 0.0422. The fourth-order valence-electron chi connectivity index (χ4n) is 2.32. The van der Waals surface area contributed by atoms with E-state index in [0.29, 0.717) is 0 Å². The Hall–Kier alpha value is -5.72. The van der Waals surface area contributed by atoms with Gasteiger partial charge in [-0.05, 0) is 73.5 Å². The maximum absolute atomic E-state index is 10.3. The zero-order chi connectivity index (χ0) is 29.2. The van der Waals surface area contributed by atoms with E-state index in [9.17, 15) is 29.8 Å². The predicted molar refractivity (Wildman–Crippen MR) is 140 cm³/mol. The molecule has 2 aromatic carbocycles. The van der Waals surface area contributed by atoms with Crippen molar-refractivity contribution in [3.63, 3.8) is 0 Å². The number of nitro groups is 2. The third-order valence-electron chi connectivity index (χ3n) is 4.27. The molecule has 0 atom stereocenters. The smallest absolute Gasteiger partial charge is 0.478 e. The molecule has 202 valence electrons. The Morgan fingerprint density at radius 1 is 0.667 bits per heavy atom. The van der Waals surface area contributed by atoms with Gasteiger partial charge in [0.2, 0.25) is 0 Å². The molecule has 0 amide bonds. The quantitative estimate of drug-likeness (QED) is 0.140. The van der Waals surface area contributed by atoms with Crippen LogP contribution in [0.3, 0.4) is 0 Å². The van der Waals surface area contributed by atoms with Crippen LogP contribution >= 0.6 is 0 Å². The molecular formula is C26H24N4O9. The van der Waals surface area contributed by atoms with Crippen LogP contribution in [0.1, 0.15) is 21.5 Å². The van der Waals surface area contributed by atoms with Crippen LogP contribution in [0.15, 0.2) is 97.6 Å². The zero-order valence-corrected chi connectivity index (χ0v) is 20.8. The van der Waals surface area contributed by atoms with Crippen LogP contribution < -0.4 is 4.74 Å². The van der Waals surface area contributed by atoms with Crippen LogP contribution in [0.4, 0.5) is 16.2 Å².